The molecule has 1 amide bonds. The number of likely N-dealkylation sites (N-methyl/N-ethyl adjacent to an activating group) is 1. The van der Waals surface area contributed by atoms with Gasteiger partial charge in [-0.1, -0.05) is 38.1 Å². The van der Waals surface area contributed by atoms with Gasteiger partial charge in [-0.15, -0.1) is 0 Å². The highest BCUT2D eigenvalue weighted by atomic mass is 16.5. The Morgan fingerprint density at radius 1 is 1.32 bits per heavy atom. The average molecular weight is 344 g/mol. The number of benzene rings is 1. The standard InChI is InChI=1S/C19H28N4O2/c1-12-9-8-10-15(13(12)2)20-16(24)11-23(7)14(3)17-21-18(22-25-17)19(4,5)6/h8-10,14H,11H2,1-7H3,(H,20,24). The molecular formula is C19H28N4O2. The molecule has 0 radical (unpaired) electrons. The quantitative estimate of drug-likeness (QED) is 0.897. The lowest BCUT2D eigenvalue weighted by atomic mass is 9.96. The molecule has 1 atom stereocenters. The van der Waals surface area contributed by atoms with Crippen molar-refractivity contribution in [2.24, 2.45) is 0 Å². The largest absolute Gasteiger partial charge is 0.338 e. The summed E-state index contributed by atoms with van der Waals surface area (Å²) < 4.78 is 5.37. The summed E-state index contributed by atoms with van der Waals surface area (Å²) in [7, 11) is 1.87. The Morgan fingerprint density at radius 2 is 2.00 bits per heavy atom. The van der Waals surface area contributed by atoms with Gasteiger partial charge >= 0.3 is 0 Å². The second-order valence-corrected chi connectivity index (χ2v) is 7.59. The molecule has 0 saturated carbocycles. The van der Waals surface area contributed by atoms with Gasteiger partial charge in [-0.25, -0.2) is 0 Å². The third kappa shape index (κ3) is 4.66. The summed E-state index contributed by atoms with van der Waals surface area (Å²) in [6, 6.07) is 5.74. The summed E-state index contributed by atoms with van der Waals surface area (Å²) >= 11 is 0. The molecule has 6 heteroatoms. The fourth-order valence-electron chi connectivity index (χ4n) is 2.34. The van der Waals surface area contributed by atoms with Crippen molar-refractivity contribution < 1.29 is 9.32 Å². The van der Waals surface area contributed by atoms with E-state index in [-0.39, 0.29) is 23.9 Å². The average Bonchev–Trinajstić information content (AvgIpc) is 3.01. The maximum Gasteiger partial charge on any atom is 0.243 e. The van der Waals surface area contributed by atoms with Crippen LogP contribution in [0.1, 0.15) is 56.6 Å². The van der Waals surface area contributed by atoms with Crippen molar-refractivity contribution >= 4 is 11.6 Å². The molecule has 2 aromatic rings. The van der Waals surface area contributed by atoms with Crippen molar-refractivity contribution in [2.75, 3.05) is 18.9 Å². The van der Waals surface area contributed by atoms with Gasteiger partial charge in [0.25, 0.3) is 0 Å². The van der Waals surface area contributed by atoms with Crippen LogP contribution in [0.15, 0.2) is 22.7 Å². The SMILES string of the molecule is Cc1cccc(NC(=O)CN(C)C(C)c2nc(C(C)(C)C)no2)c1C. The predicted octanol–water partition coefficient (Wildman–Crippen LogP) is 3.62. The van der Waals surface area contributed by atoms with Gasteiger partial charge in [0.2, 0.25) is 11.8 Å². The monoisotopic (exact) mass is 344 g/mol. The minimum Gasteiger partial charge on any atom is -0.338 e. The summed E-state index contributed by atoms with van der Waals surface area (Å²) in [6.45, 7) is 12.3. The minimum absolute atomic E-state index is 0.0707. The van der Waals surface area contributed by atoms with Crippen molar-refractivity contribution in [3.05, 3.63) is 41.0 Å². The molecule has 0 spiro atoms. The predicted molar refractivity (Wildman–Crippen MR) is 98.6 cm³/mol. The second-order valence-electron chi connectivity index (χ2n) is 7.59. The van der Waals surface area contributed by atoms with Crippen molar-refractivity contribution in [3.63, 3.8) is 0 Å². The molecule has 0 bridgehead atoms. The van der Waals surface area contributed by atoms with E-state index >= 15 is 0 Å². The van der Waals surface area contributed by atoms with Crippen LogP contribution in [0, 0.1) is 13.8 Å². The first-order chi connectivity index (χ1) is 11.6. The molecule has 0 aliphatic carbocycles. The van der Waals surface area contributed by atoms with Gasteiger partial charge in [-0.05, 0) is 45.0 Å². The maximum absolute atomic E-state index is 12.4. The second kappa shape index (κ2) is 7.35. The van der Waals surface area contributed by atoms with Gasteiger partial charge in [-0.2, -0.15) is 4.98 Å². The van der Waals surface area contributed by atoms with Gasteiger partial charge < -0.3 is 9.84 Å². The zero-order valence-corrected chi connectivity index (χ0v) is 16.2. The van der Waals surface area contributed by atoms with Gasteiger partial charge in [0.1, 0.15) is 0 Å². The van der Waals surface area contributed by atoms with Gasteiger partial charge in [0.15, 0.2) is 5.82 Å². The van der Waals surface area contributed by atoms with Crippen molar-refractivity contribution in [3.8, 4) is 0 Å². The highest BCUT2D eigenvalue weighted by Crippen LogP contribution is 2.23. The molecule has 1 heterocycles. The van der Waals surface area contributed by atoms with Crippen LogP contribution in [-0.4, -0.2) is 34.5 Å². The topological polar surface area (TPSA) is 71.3 Å². The van der Waals surface area contributed by atoms with Crippen LogP contribution in [0.25, 0.3) is 0 Å². The Balaban J connectivity index is 2.00. The highest BCUT2D eigenvalue weighted by Gasteiger charge is 2.25. The number of amides is 1. The molecular weight excluding hydrogens is 316 g/mol. The van der Waals surface area contributed by atoms with Crippen LogP contribution in [-0.2, 0) is 10.2 Å². The molecule has 1 aromatic carbocycles. The van der Waals surface area contributed by atoms with Crippen LogP contribution in [0.3, 0.4) is 0 Å². The number of carbonyl (C=O) groups excluding carboxylic acids is 1. The number of nitrogens with one attached hydrogen (secondary N) is 1. The van der Waals surface area contributed by atoms with E-state index < -0.39 is 0 Å². The van der Waals surface area contributed by atoms with E-state index in [9.17, 15) is 4.79 Å². The van der Waals surface area contributed by atoms with Gasteiger partial charge in [0.05, 0.1) is 12.6 Å². The number of carbonyl (C=O) groups is 1. The summed E-state index contributed by atoms with van der Waals surface area (Å²) in [5.41, 5.74) is 2.91. The zero-order chi connectivity index (χ0) is 18.8. The normalized spacial score (nSPS) is 13.1. The number of rotatable bonds is 5. The van der Waals surface area contributed by atoms with E-state index in [0.717, 1.165) is 16.8 Å². The highest BCUT2D eigenvalue weighted by molar-refractivity contribution is 5.93. The van der Waals surface area contributed by atoms with E-state index in [1.807, 2.05) is 71.7 Å². The van der Waals surface area contributed by atoms with Crippen LogP contribution >= 0.6 is 0 Å². The van der Waals surface area contributed by atoms with Gasteiger partial charge in [0, 0.05) is 11.1 Å². The third-order valence-electron chi connectivity index (χ3n) is 4.40. The molecule has 0 saturated heterocycles. The van der Waals surface area contributed by atoms with Crippen molar-refractivity contribution in [1.82, 2.24) is 15.0 Å². The fourth-order valence-corrected chi connectivity index (χ4v) is 2.34. The third-order valence-corrected chi connectivity index (χ3v) is 4.40. The number of aromatic nitrogens is 2. The molecule has 25 heavy (non-hydrogen) atoms. The van der Waals surface area contributed by atoms with Crippen LogP contribution < -0.4 is 5.32 Å². The molecule has 6 nitrogen and oxygen atoms in total. The molecule has 2 rings (SSSR count). The Labute approximate surface area is 149 Å². The summed E-state index contributed by atoms with van der Waals surface area (Å²) in [4.78, 5) is 18.7. The fraction of sp³-hybridized carbons (Fsp3) is 0.526. The molecule has 0 aliphatic rings. The Kier molecular flexibility index (Phi) is 5.62. The molecule has 1 N–H and O–H groups in total. The van der Waals surface area contributed by atoms with Crippen LogP contribution in [0.5, 0.6) is 0 Å². The zero-order valence-electron chi connectivity index (χ0n) is 16.2. The first kappa shape index (κ1) is 19.1. The lowest BCUT2D eigenvalue weighted by molar-refractivity contribution is -0.117. The Hall–Kier alpha value is -2.21. The summed E-state index contributed by atoms with van der Waals surface area (Å²) in [6.07, 6.45) is 0. The van der Waals surface area contributed by atoms with E-state index in [2.05, 4.69) is 15.5 Å². The van der Waals surface area contributed by atoms with Crippen LogP contribution in [0.4, 0.5) is 5.69 Å². The number of aryl methyl sites for hydroxylation is 1. The summed E-state index contributed by atoms with van der Waals surface area (Å²) in [5, 5.41) is 7.02. The number of nitrogens with zero attached hydrogens (tertiary/aromatic N) is 3. The van der Waals surface area contributed by atoms with E-state index in [1.165, 1.54) is 0 Å². The molecule has 0 fully saturated rings. The van der Waals surface area contributed by atoms with Crippen LogP contribution in [0.2, 0.25) is 0 Å². The molecule has 0 aliphatic heterocycles. The minimum atomic E-state index is -0.167. The first-order valence-corrected chi connectivity index (χ1v) is 8.50. The van der Waals surface area contributed by atoms with Crippen molar-refractivity contribution in [1.29, 1.82) is 0 Å². The number of anilines is 1. The van der Waals surface area contributed by atoms with E-state index in [0.29, 0.717) is 11.7 Å². The lowest BCUT2D eigenvalue weighted by Gasteiger charge is -2.21. The lowest BCUT2D eigenvalue weighted by Crippen LogP contribution is -2.32. The van der Waals surface area contributed by atoms with Gasteiger partial charge in [-0.3, -0.25) is 9.69 Å². The molecule has 1 aromatic heterocycles. The number of hydrogen-bond donors (Lipinski definition) is 1. The first-order valence-electron chi connectivity index (χ1n) is 8.50. The van der Waals surface area contributed by atoms with E-state index in [4.69, 9.17) is 4.52 Å². The Bertz CT molecular complexity index is 746. The smallest absolute Gasteiger partial charge is 0.243 e. The Morgan fingerprint density at radius 3 is 2.60 bits per heavy atom. The summed E-state index contributed by atoms with van der Waals surface area (Å²) in [5.74, 6) is 1.12. The number of hydrogen-bond acceptors (Lipinski definition) is 5. The maximum atomic E-state index is 12.4. The molecule has 1 unspecified atom stereocenters. The molecule has 136 valence electrons. The van der Waals surface area contributed by atoms with E-state index in [1.54, 1.807) is 0 Å². The van der Waals surface area contributed by atoms with Crippen molar-refractivity contribution in [2.45, 2.75) is 53.0 Å².